The summed E-state index contributed by atoms with van der Waals surface area (Å²) in [5.74, 6) is 6.14. The summed E-state index contributed by atoms with van der Waals surface area (Å²) in [7, 11) is 0. The number of benzene rings is 1. The van der Waals surface area contributed by atoms with E-state index in [9.17, 15) is 0 Å². The largest absolute Gasteiger partial charge is 0.437 e. The molecule has 1 aromatic carbocycles. The predicted molar refractivity (Wildman–Crippen MR) is 71.5 cm³/mol. The topological polar surface area (TPSA) is 60.5 Å². The Morgan fingerprint density at radius 1 is 1.06 bits per heavy atom. The Morgan fingerprint density at radius 2 is 1.72 bits per heavy atom. The van der Waals surface area contributed by atoms with Gasteiger partial charge in [0.1, 0.15) is 5.76 Å². The molecule has 0 aliphatic carbocycles. The lowest BCUT2D eigenvalue weighted by Crippen LogP contribution is -2.08. The SMILES string of the molecule is C=C(OC(=NN)c1ccncc1)c1ccccc1. The number of hydrogen-bond acceptors (Lipinski definition) is 4. The highest BCUT2D eigenvalue weighted by Crippen LogP contribution is 2.15. The molecule has 2 rings (SSSR count). The normalized spacial score (nSPS) is 11.0. The summed E-state index contributed by atoms with van der Waals surface area (Å²) in [6.45, 7) is 3.86. The molecule has 0 aliphatic rings. The van der Waals surface area contributed by atoms with Crippen molar-refractivity contribution in [3.63, 3.8) is 0 Å². The van der Waals surface area contributed by atoms with Crippen molar-refractivity contribution >= 4 is 11.7 Å². The first kappa shape index (κ1) is 11.9. The van der Waals surface area contributed by atoms with Gasteiger partial charge in [-0.05, 0) is 12.1 Å². The van der Waals surface area contributed by atoms with Gasteiger partial charge in [0.15, 0.2) is 0 Å². The summed E-state index contributed by atoms with van der Waals surface area (Å²) in [6.07, 6.45) is 3.30. The molecule has 0 saturated carbocycles. The number of ether oxygens (including phenoxy) is 1. The van der Waals surface area contributed by atoms with E-state index in [4.69, 9.17) is 10.6 Å². The van der Waals surface area contributed by atoms with E-state index >= 15 is 0 Å². The van der Waals surface area contributed by atoms with Crippen LogP contribution in [0.25, 0.3) is 5.76 Å². The number of aromatic nitrogens is 1. The summed E-state index contributed by atoms with van der Waals surface area (Å²) in [6, 6.07) is 13.1. The van der Waals surface area contributed by atoms with Crippen LogP contribution >= 0.6 is 0 Å². The van der Waals surface area contributed by atoms with Gasteiger partial charge in [-0.2, -0.15) is 0 Å². The maximum atomic E-state index is 5.57. The Bertz CT molecular complexity index is 550. The molecule has 4 heteroatoms. The van der Waals surface area contributed by atoms with Gasteiger partial charge >= 0.3 is 0 Å². The maximum absolute atomic E-state index is 5.57. The first-order valence-electron chi connectivity index (χ1n) is 5.41. The minimum atomic E-state index is 0.311. The van der Waals surface area contributed by atoms with Crippen LogP contribution in [0.5, 0.6) is 0 Å². The Hall–Kier alpha value is -2.62. The molecule has 0 radical (unpaired) electrons. The lowest BCUT2D eigenvalue weighted by atomic mass is 10.2. The highest BCUT2D eigenvalue weighted by atomic mass is 16.5. The van der Waals surface area contributed by atoms with Crippen molar-refractivity contribution in [2.24, 2.45) is 10.9 Å². The van der Waals surface area contributed by atoms with Gasteiger partial charge in [0, 0.05) is 23.5 Å². The Labute approximate surface area is 105 Å². The van der Waals surface area contributed by atoms with Crippen LogP contribution < -0.4 is 5.84 Å². The molecule has 0 saturated heterocycles. The van der Waals surface area contributed by atoms with Crippen LogP contribution in [-0.2, 0) is 4.74 Å². The molecule has 0 atom stereocenters. The predicted octanol–water partition coefficient (Wildman–Crippen LogP) is 2.39. The number of rotatable bonds is 3. The molecule has 0 fully saturated rings. The van der Waals surface area contributed by atoms with Gasteiger partial charge in [0.05, 0.1) is 0 Å². The summed E-state index contributed by atoms with van der Waals surface area (Å²) < 4.78 is 5.57. The van der Waals surface area contributed by atoms with E-state index in [-0.39, 0.29) is 0 Å². The average molecular weight is 239 g/mol. The molecule has 4 nitrogen and oxygen atoms in total. The molecular formula is C14H13N3O. The van der Waals surface area contributed by atoms with E-state index in [1.807, 2.05) is 30.3 Å². The molecule has 0 aliphatic heterocycles. The summed E-state index contributed by atoms with van der Waals surface area (Å²) in [5.41, 5.74) is 1.64. The second-order valence-electron chi connectivity index (χ2n) is 3.56. The fourth-order valence-electron chi connectivity index (χ4n) is 1.45. The molecule has 2 N–H and O–H groups in total. The van der Waals surface area contributed by atoms with E-state index in [1.165, 1.54) is 0 Å². The van der Waals surface area contributed by atoms with Gasteiger partial charge < -0.3 is 10.6 Å². The van der Waals surface area contributed by atoms with Crippen molar-refractivity contribution in [1.29, 1.82) is 0 Å². The molecule has 90 valence electrons. The summed E-state index contributed by atoms with van der Waals surface area (Å²) in [5, 5.41) is 3.63. The van der Waals surface area contributed by atoms with Gasteiger partial charge in [-0.15, -0.1) is 5.10 Å². The molecule has 0 amide bonds. The van der Waals surface area contributed by atoms with Crippen molar-refractivity contribution in [2.45, 2.75) is 0 Å². The second-order valence-corrected chi connectivity index (χ2v) is 3.56. The van der Waals surface area contributed by atoms with Gasteiger partial charge in [-0.1, -0.05) is 36.9 Å². The first-order valence-corrected chi connectivity index (χ1v) is 5.41. The molecule has 0 unspecified atom stereocenters. The number of pyridine rings is 1. The minimum absolute atomic E-state index is 0.311. The van der Waals surface area contributed by atoms with Gasteiger partial charge in [-0.3, -0.25) is 4.98 Å². The van der Waals surface area contributed by atoms with Crippen LogP contribution in [0.4, 0.5) is 0 Å². The molecular weight excluding hydrogens is 226 g/mol. The molecule has 1 heterocycles. The van der Waals surface area contributed by atoms with Crippen LogP contribution in [-0.4, -0.2) is 10.9 Å². The van der Waals surface area contributed by atoms with Crippen molar-refractivity contribution < 1.29 is 4.74 Å². The maximum Gasteiger partial charge on any atom is 0.243 e. The fourth-order valence-corrected chi connectivity index (χ4v) is 1.45. The fraction of sp³-hybridized carbons (Fsp3) is 0. The highest BCUT2D eigenvalue weighted by molar-refractivity contribution is 5.96. The van der Waals surface area contributed by atoms with Crippen LogP contribution in [0, 0.1) is 0 Å². The van der Waals surface area contributed by atoms with Crippen LogP contribution in [0.15, 0.2) is 66.5 Å². The third kappa shape index (κ3) is 2.74. The second kappa shape index (κ2) is 5.63. The number of hydrogen-bond donors (Lipinski definition) is 1. The smallest absolute Gasteiger partial charge is 0.243 e. The summed E-state index contributed by atoms with van der Waals surface area (Å²) in [4.78, 5) is 3.93. The zero-order valence-electron chi connectivity index (χ0n) is 9.78. The number of nitrogens with two attached hydrogens (primary N) is 1. The third-order valence-corrected chi connectivity index (χ3v) is 2.36. The molecule has 0 spiro atoms. The van der Waals surface area contributed by atoms with Gasteiger partial charge in [0.2, 0.25) is 5.90 Å². The number of hydrazone groups is 1. The highest BCUT2D eigenvalue weighted by Gasteiger charge is 2.07. The van der Waals surface area contributed by atoms with Crippen molar-refractivity contribution in [3.8, 4) is 0 Å². The first-order chi connectivity index (χ1) is 8.81. The Morgan fingerprint density at radius 3 is 2.33 bits per heavy atom. The third-order valence-electron chi connectivity index (χ3n) is 2.36. The summed E-state index contributed by atoms with van der Waals surface area (Å²) >= 11 is 0. The van der Waals surface area contributed by atoms with E-state index in [1.54, 1.807) is 24.5 Å². The number of nitrogens with zero attached hydrogens (tertiary/aromatic N) is 2. The van der Waals surface area contributed by atoms with E-state index in [0.29, 0.717) is 11.7 Å². The van der Waals surface area contributed by atoms with Crippen molar-refractivity contribution in [2.75, 3.05) is 0 Å². The zero-order valence-corrected chi connectivity index (χ0v) is 9.78. The van der Waals surface area contributed by atoms with E-state index in [2.05, 4.69) is 16.7 Å². The van der Waals surface area contributed by atoms with Gasteiger partial charge in [0.25, 0.3) is 0 Å². The lowest BCUT2D eigenvalue weighted by molar-refractivity contribution is 0.507. The standard InChI is InChI=1S/C14H13N3O/c1-11(12-5-3-2-4-6-12)18-14(17-15)13-7-9-16-10-8-13/h2-10H,1,15H2. The van der Waals surface area contributed by atoms with Crippen LogP contribution in [0.1, 0.15) is 11.1 Å². The molecule has 1 aromatic heterocycles. The molecule has 2 aromatic rings. The van der Waals surface area contributed by atoms with Gasteiger partial charge in [-0.25, -0.2) is 0 Å². The van der Waals surface area contributed by atoms with Crippen LogP contribution in [0.3, 0.4) is 0 Å². The Balaban J connectivity index is 2.16. The van der Waals surface area contributed by atoms with Crippen LogP contribution in [0.2, 0.25) is 0 Å². The Kier molecular flexibility index (Phi) is 3.71. The average Bonchev–Trinajstić information content (AvgIpc) is 2.46. The molecule has 18 heavy (non-hydrogen) atoms. The van der Waals surface area contributed by atoms with Crippen molar-refractivity contribution in [1.82, 2.24) is 4.98 Å². The van der Waals surface area contributed by atoms with Crippen molar-refractivity contribution in [3.05, 3.63) is 72.6 Å². The molecule has 0 bridgehead atoms. The quantitative estimate of drug-likeness (QED) is 0.294. The minimum Gasteiger partial charge on any atom is -0.437 e. The van der Waals surface area contributed by atoms with E-state index in [0.717, 1.165) is 11.1 Å². The monoisotopic (exact) mass is 239 g/mol. The lowest BCUT2D eigenvalue weighted by Gasteiger charge is -2.10. The zero-order chi connectivity index (χ0) is 12.8. The van der Waals surface area contributed by atoms with E-state index < -0.39 is 0 Å².